The fraction of sp³-hybridized carbons (Fsp3) is 0.458. The number of hydrogen-bond acceptors (Lipinski definition) is 6. The molecule has 178 valence electrons. The predicted octanol–water partition coefficient (Wildman–Crippen LogP) is 3.55. The van der Waals surface area contributed by atoms with E-state index in [4.69, 9.17) is 27.9 Å². The molecular weight excluding hydrogens is 475 g/mol. The van der Waals surface area contributed by atoms with Crippen LogP contribution in [-0.2, 0) is 11.2 Å². The molecule has 0 bridgehead atoms. The Kier molecular flexibility index (Phi) is 5.64. The van der Waals surface area contributed by atoms with Crippen LogP contribution in [0.2, 0.25) is 10.0 Å². The number of carbonyl (C=O) groups is 1. The third kappa shape index (κ3) is 3.64. The second kappa shape index (κ2) is 8.68. The van der Waals surface area contributed by atoms with Crippen LogP contribution in [-0.4, -0.2) is 82.6 Å². The number of nitrogens with one attached hydrogen (secondary N) is 1. The first-order chi connectivity index (χ1) is 16.5. The third-order valence-corrected chi connectivity index (χ3v) is 8.18. The van der Waals surface area contributed by atoms with E-state index >= 15 is 0 Å². The van der Waals surface area contributed by atoms with Crippen LogP contribution in [0.5, 0.6) is 0 Å². The van der Waals surface area contributed by atoms with Crippen molar-refractivity contribution < 1.29 is 9.53 Å². The number of ether oxygens (including phenoxy) is 1. The molecule has 6 rings (SSSR count). The molecule has 0 aliphatic carbocycles. The zero-order chi connectivity index (χ0) is 23.4. The Morgan fingerprint density at radius 3 is 2.50 bits per heavy atom. The van der Waals surface area contributed by atoms with Crippen LogP contribution in [0.3, 0.4) is 0 Å². The number of benzene rings is 1. The van der Waals surface area contributed by atoms with Crippen molar-refractivity contribution in [1.29, 1.82) is 0 Å². The maximum Gasteiger partial charge on any atom is 0.292 e. The van der Waals surface area contributed by atoms with Gasteiger partial charge in [0.15, 0.2) is 0 Å². The molecule has 3 aromatic rings. The van der Waals surface area contributed by atoms with E-state index in [1.54, 1.807) is 18.5 Å². The maximum atomic E-state index is 13.4. The molecular formula is C24H26Cl2N6O2. The zero-order valence-corrected chi connectivity index (χ0v) is 20.4. The molecule has 1 N–H and O–H groups in total. The molecule has 3 aliphatic heterocycles. The topological polar surface area (TPSA) is 77.6 Å². The van der Waals surface area contributed by atoms with E-state index in [1.165, 1.54) is 0 Å². The van der Waals surface area contributed by atoms with Gasteiger partial charge in [-0.1, -0.05) is 29.3 Å². The van der Waals surface area contributed by atoms with E-state index in [9.17, 15) is 4.79 Å². The Labute approximate surface area is 207 Å². The number of amides is 1. The molecule has 3 aliphatic rings. The number of H-pyrrole nitrogens is 1. The van der Waals surface area contributed by atoms with Crippen molar-refractivity contribution in [2.24, 2.45) is 0 Å². The van der Waals surface area contributed by atoms with Crippen molar-refractivity contribution in [3.8, 4) is 0 Å². The average molecular weight is 501 g/mol. The van der Waals surface area contributed by atoms with Gasteiger partial charge in [0.1, 0.15) is 0 Å². The Bertz CT molecular complexity index is 1230. The Hall–Kier alpha value is -2.39. The van der Waals surface area contributed by atoms with Crippen LogP contribution in [0.15, 0.2) is 24.5 Å². The minimum absolute atomic E-state index is 0.130. The van der Waals surface area contributed by atoms with Crippen LogP contribution in [0, 0.1) is 0 Å². The first-order valence-electron chi connectivity index (χ1n) is 11.7. The number of rotatable bonds is 3. The van der Waals surface area contributed by atoms with Crippen molar-refractivity contribution in [2.45, 2.75) is 25.4 Å². The average Bonchev–Trinajstić information content (AvgIpc) is 3.21. The van der Waals surface area contributed by atoms with Crippen molar-refractivity contribution in [3.63, 3.8) is 0 Å². The standard InChI is InChI=1S/C24H26Cl2N6O2/c1-14-20-17-2-3-18(25)21(26)22(17)29-19(20)4-5-32(14)24(33)23-27-10-15(11-28-23)30-6-8-31(9-7-30)16-12-34-13-16/h2-3,10-11,14,16,29H,4-9,12-13H2,1H3/t14-/m1/s1. The molecule has 2 fully saturated rings. The number of piperazine rings is 1. The van der Waals surface area contributed by atoms with Crippen molar-refractivity contribution in [3.05, 3.63) is 51.7 Å². The summed E-state index contributed by atoms with van der Waals surface area (Å²) in [4.78, 5) is 32.3. The summed E-state index contributed by atoms with van der Waals surface area (Å²) in [6.45, 7) is 8.16. The van der Waals surface area contributed by atoms with Gasteiger partial charge < -0.3 is 19.5 Å². The van der Waals surface area contributed by atoms with Crippen molar-refractivity contribution in [1.82, 2.24) is 24.8 Å². The number of nitrogens with zero attached hydrogens (tertiary/aromatic N) is 5. The molecule has 0 unspecified atom stereocenters. The maximum absolute atomic E-state index is 13.4. The minimum atomic E-state index is -0.158. The van der Waals surface area contributed by atoms with Gasteiger partial charge in [0.2, 0.25) is 5.82 Å². The SMILES string of the molecule is C[C@@H]1c2c([nH]c3c(Cl)c(Cl)ccc23)CCN1C(=O)c1ncc(N2CCN(C3COC3)CC2)cn1. The lowest BCUT2D eigenvalue weighted by molar-refractivity contribution is -0.0660. The number of halogens is 2. The van der Waals surface area contributed by atoms with Crippen LogP contribution in [0.1, 0.15) is 34.8 Å². The van der Waals surface area contributed by atoms with Gasteiger partial charge in [-0.3, -0.25) is 9.69 Å². The first kappa shape index (κ1) is 22.1. The van der Waals surface area contributed by atoms with Gasteiger partial charge in [-0.2, -0.15) is 0 Å². The quantitative estimate of drug-likeness (QED) is 0.592. The van der Waals surface area contributed by atoms with E-state index in [-0.39, 0.29) is 17.8 Å². The second-order valence-electron chi connectivity index (χ2n) is 9.20. The number of aromatic nitrogens is 3. The fourth-order valence-electron chi connectivity index (χ4n) is 5.31. The van der Waals surface area contributed by atoms with Gasteiger partial charge in [0.25, 0.3) is 5.91 Å². The van der Waals surface area contributed by atoms with Crippen LogP contribution >= 0.6 is 23.2 Å². The van der Waals surface area contributed by atoms with Gasteiger partial charge in [-0.05, 0) is 13.0 Å². The van der Waals surface area contributed by atoms with E-state index in [0.29, 0.717) is 29.1 Å². The number of fused-ring (bicyclic) bond motifs is 3. The summed E-state index contributed by atoms with van der Waals surface area (Å²) in [7, 11) is 0. The Morgan fingerprint density at radius 1 is 1.09 bits per heavy atom. The molecule has 1 atom stereocenters. The summed E-state index contributed by atoms with van der Waals surface area (Å²) in [5.74, 6) is 0.0686. The highest BCUT2D eigenvalue weighted by Gasteiger charge is 2.33. The van der Waals surface area contributed by atoms with Gasteiger partial charge in [-0.15, -0.1) is 0 Å². The normalized spacial score (nSPS) is 21.6. The third-order valence-electron chi connectivity index (χ3n) is 7.38. The van der Waals surface area contributed by atoms with E-state index < -0.39 is 0 Å². The molecule has 2 saturated heterocycles. The number of hydrogen-bond donors (Lipinski definition) is 1. The first-order valence-corrected chi connectivity index (χ1v) is 12.4. The number of carbonyl (C=O) groups excluding carboxylic acids is 1. The largest absolute Gasteiger partial charge is 0.378 e. The summed E-state index contributed by atoms with van der Waals surface area (Å²) in [6.07, 6.45) is 4.26. The fourth-order valence-corrected chi connectivity index (χ4v) is 5.68. The number of aromatic amines is 1. The molecule has 1 amide bonds. The van der Waals surface area contributed by atoms with E-state index in [0.717, 1.165) is 67.2 Å². The van der Waals surface area contributed by atoms with E-state index in [2.05, 4.69) is 24.8 Å². The minimum Gasteiger partial charge on any atom is -0.378 e. The van der Waals surface area contributed by atoms with Crippen molar-refractivity contribution >= 4 is 45.7 Å². The van der Waals surface area contributed by atoms with Crippen LogP contribution in [0.4, 0.5) is 5.69 Å². The van der Waals surface area contributed by atoms with Crippen LogP contribution in [0.25, 0.3) is 10.9 Å². The number of anilines is 1. The molecule has 34 heavy (non-hydrogen) atoms. The molecule has 5 heterocycles. The monoisotopic (exact) mass is 500 g/mol. The highest BCUT2D eigenvalue weighted by Crippen LogP contribution is 2.40. The zero-order valence-electron chi connectivity index (χ0n) is 18.9. The van der Waals surface area contributed by atoms with Gasteiger partial charge in [-0.25, -0.2) is 9.97 Å². The predicted molar refractivity (Wildman–Crippen MR) is 132 cm³/mol. The second-order valence-corrected chi connectivity index (χ2v) is 9.99. The molecule has 0 saturated carbocycles. The highest BCUT2D eigenvalue weighted by atomic mass is 35.5. The summed E-state index contributed by atoms with van der Waals surface area (Å²) in [5, 5.41) is 2.03. The summed E-state index contributed by atoms with van der Waals surface area (Å²) in [5.41, 5.74) is 3.96. The summed E-state index contributed by atoms with van der Waals surface area (Å²) < 4.78 is 5.31. The lowest BCUT2D eigenvalue weighted by Gasteiger charge is -2.43. The van der Waals surface area contributed by atoms with E-state index in [1.807, 2.05) is 17.9 Å². The molecule has 0 radical (unpaired) electrons. The molecule has 8 nitrogen and oxygen atoms in total. The lowest BCUT2D eigenvalue weighted by atomic mass is 9.97. The Balaban J connectivity index is 1.18. The smallest absolute Gasteiger partial charge is 0.292 e. The molecule has 10 heteroatoms. The van der Waals surface area contributed by atoms with Crippen LogP contribution < -0.4 is 4.90 Å². The van der Waals surface area contributed by atoms with Gasteiger partial charge in [0.05, 0.1) is 58.9 Å². The summed E-state index contributed by atoms with van der Waals surface area (Å²) >= 11 is 12.6. The molecule has 1 aromatic carbocycles. The lowest BCUT2D eigenvalue weighted by Crippen LogP contribution is -2.56. The molecule has 0 spiro atoms. The highest BCUT2D eigenvalue weighted by molar-refractivity contribution is 6.45. The van der Waals surface area contributed by atoms with Gasteiger partial charge in [0, 0.05) is 55.8 Å². The summed E-state index contributed by atoms with van der Waals surface area (Å²) in [6, 6.07) is 4.20. The van der Waals surface area contributed by atoms with Crippen molar-refractivity contribution in [2.75, 3.05) is 50.8 Å². The van der Waals surface area contributed by atoms with Gasteiger partial charge >= 0.3 is 0 Å². The molecule has 2 aromatic heterocycles. The Morgan fingerprint density at radius 2 is 1.82 bits per heavy atom.